The zero-order valence-corrected chi connectivity index (χ0v) is 11.5. The minimum absolute atomic E-state index is 0.0711. The van der Waals surface area contributed by atoms with Crippen molar-refractivity contribution >= 4 is 17.2 Å². The Kier molecular flexibility index (Phi) is 5.16. The van der Waals surface area contributed by atoms with Gasteiger partial charge in [-0.15, -0.1) is 21.5 Å². The number of amides is 1. The quantitative estimate of drug-likeness (QED) is 0.694. The Balaban J connectivity index is 2.00. The van der Waals surface area contributed by atoms with Crippen LogP contribution in [0, 0.1) is 0 Å². The summed E-state index contributed by atoms with van der Waals surface area (Å²) in [5.41, 5.74) is 0. The standard InChI is InChI=1S/C11H15N5O3S/c17-5-3-15(4-6-18)10(19)8-16-13-11(12-14-16)9-2-1-7-20-9/h1-2,7,17-18H,3-6,8H2. The van der Waals surface area contributed by atoms with Gasteiger partial charge in [0, 0.05) is 13.1 Å². The molecule has 2 heterocycles. The molecule has 0 saturated heterocycles. The molecule has 108 valence electrons. The Morgan fingerprint density at radius 2 is 2.10 bits per heavy atom. The van der Waals surface area contributed by atoms with Gasteiger partial charge in [-0.2, -0.15) is 4.80 Å². The monoisotopic (exact) mass is 297 g/mol. The summed E-state index contributed by atoms with van der Waals surface area (Å²) < 4.78 is 0. The van der Waals surface area contributed by atoms with Crippen LogP contribution in [-0.2, 0) is 11.3 Å². The molecule has 0 aliphatic carbocycles. The third-order valence-electron chi connectivity index (χ3n) is 2.56. The smallest absolute Gasteiger partial charge is 0.246 e. The highest BCUT2D eigenvalue weighted by Crippen LogP contribution is 2.19. The van der Waals surface area contributed by atoms with Gasteiger partial charge in [-0.3, -0.25) is 4.79 Å². The molecule has 0 aromatic carbocycles. The number of aliphatic hydroxyl groups is 2. The second kappa shape index (κ2) is 7.08. The predicted octanol–water partition coefficient (Wildman–Crippen LogP) is -0.785. The first-order valence-electron chi connectivity index (χ1n) is 6.05. The average molecular weight is 297 g/mol. The molecule has 0 aliphatic heterocycles. The largest absolute Gasteiger partial charge is 0.395 e. The second-order valence-corrected chi connectivity index (χ2v) is 4.90. The first kappa shape index (κ1) is 14.6. The maximum absolute atomic E-state index is 12.0. The van der Waals surface area contributed by atoms with Crippen molar-refractivity contribution in [3.63, 3.8) is 0 Å². The highest BCUT2D eigenvalue weighted by molar-refractivity contribution is 7.13. The van der Waals surface area contributed by atoms with Crippen LogP contribution in [0.1, 0.15) is 0 Å². The van der Waals surface area contributed by atoms with Crippen LogP contribution in [0.4, 0.5) is 0 Å². The summed E-state index contributed by atoms with van der Waals surface area (Å²) in [4.78, 5) is 15.4. The summed E-state index contributed by atoms with van der Waals surface area (Å²) in [6, 6.07) is 3.76. The lowest BCUT2D eigenvalue weighted by atomic mass is 10.4. The normalized spacial score (nSPS) is 10.7. The highest BCUT2D eigenvalue weighted by atomic mass is 32.1. The summed E-state index contributed by atoms with van der Waals surface area (Å²) in [6.07, 6.45) is 0. The van der Waals surface area contributed by atoms with Gasteiger partial charge < -0.3 is 15.1 Å². The number of hydrogen-bond donors (Lipinski definition) is 2. The van der Waals surface area contributed by atoms with Crippen molar-refractivity contribution in [1.82, 2.24) is 25.1 Å². The Morgan fingerprint density at radius 1 is 1.35 bits per heavy atom. The van der Waals surface area contributed by atoms with Crippen LogP contribution < -0.4 is 0 Å². The van der Waals surface area contributed by atoms with Gasteiger partial charge in [0.25, 0.3) is 0 Å². The fourth-order valence-corrected chi connectivity index (χ4v) is 2.29. The molecule has 0 spiro atoms. The molecule has 0 fully saturated rings. The van der Waals surface area contributed by atoms with E-state index in [0.717, 1.165) is 4.88 Å². The van der Waals surface area contributed by atoms with E-state index in [4.69, 9.17) is 10.2 Å². The maximum atomic E-state index is 12.0. The van der Waals surface area contributed by atoms with Gasteiger partial charge in [-0.25, -0.2) is 0 Å². The van der Waals surface area contributed by atoms with Crippen LogP contribution in [0.25, 0.3) is 10.7 Å². The summed E-state index contributed by atoms with van der Waals surface area (Å²) in [5.74, 6) is 0.201. The summed E-state index contributed by atoms with van der Waals surface area (Å²) in [5, 5.41) is 31.5. The fourth-order valence-electron chi connectivity index (χ4n) is 1.64. The summed E-state index contributed by atoms with van der Waals surface area (Å²) in [6.45, 7) is -0.0376. The van der Waals surface area contributed by atoms with Gasteiger partial charge in [-0.05, 0) is 16.7 Å². The van der Waals surface area contributed by atoms with Gasteiger partial charge in [0.15, 0.2) is 0 Å². The number of aromatic nitrogens is 4. The molecule has 0 bridgehead atoms. The molecule has 0 aliphatic rings. The first-order chi connectivity index (χ1) is 9.74. The number of tetrazole rings is 1. The van der Waals surface area contributed by atoms with Crippen molar-refractivity contribution in [3.05, 3.63) is 17.5 Å². The van der Waals surface area contributed by atoms with Crippen LogP contribution in [0.3, 0.4) is 0 Å². The van der Waals surface area contributed by atoms with Crippen LogP contribution in [-0.4, -0.2) is 67.5 Å². The number of thiophene rings is 1. The number of aliphatic hydroxyl groups excluding tert-OH is 2. The number of carbonyl (C=O) groups is 1. The van der Waals surface area contributed by atoms with Crippen molar-refractivity contribution in [1.29, 1.82) is 0 Å². The van der Waals surface area contributed by atoms with Gasteiger partial charge in [0.05, 0.1) is 18.1 Å². The Morgan fingerprint density at radius 3 is 2.70 bits per heavy atom. The number of rotatable bonds is 7. The van der Waals surface area contributed by atoms with E-state index in [0.29, 0.717) is 5.82 Å². The summed E-state index contributed by atoms with van der Waals surface area (Å²) in [7, 11) is 0. The van der Waals surface area contributed by atoms with E-state index in [9.17, 15) is 4.79 Å². The second-order valence-electron chi connectivity index (χ2n) is 3.95. The molecule has 2 rings (SSSR count). The van der Waals surface area contributed by atoms with Crippen LogP contribution in [0.5, 0.6) is 0 Å². The molecule has 8 nitrogen and oxygen atoms in total. The first-order valence-corrected chi connectivity index (χ1v) is 6.93. The maximum Gasteiger partial charge on any atom is 0.246 e. The van der Waals surface area contributed by atoms with E-state index in [2.05, 4.69) is 15.4 Å². The van der Waals surface area contributed by atoms with Crippen LogP contribution in [0.2, 0.25) is 0 Å². The molecule has 0 saturated carbocycles. The van der Waals surface area contributed by atoms with E-state index in [-0.39, 0.29) is 38.8 Å². The average Bonchev–Trinajstić information content (AvgIpc) is 3.08. The van der Waals surface area contributed by atoms with Crippen LogP contribution in [0.15, 0.2) is 17.5 Å². The predicted molar refractivity (Wildman–Crippen MR) is 71.9 cm³/mol. The molecule has 20 heavy (non-hydrogen) atoms. The lowest BCUT2D eigenvalue weighted by Crippen LogP contribution is -2.38. The van der Waals surface area contributed by atoms with Crippen molar-refractivity contribution in [2.24, 2.45) is 0 Å². The van der Waals surface area contributed by atoms with E-state index in [1.165, 1.54) is 21.0 Å². The molecule has 0 radical (unpaired) electrons. The lowest BCUT2D eigenvalue weighted by Gasteiger charge is -2.19. The molecule has 9 heteroatoms. The topological polar surface area (TPSA) is 104 Å². The minimum atomic E-state index is -0.275. The van der Waals surface area contributed by atoms with E-state index in [1.807, 2.05) is 17.5 Å². The Bertz CT molecular complexity index is 536. The summed E-state index contributed by atoms with van der Waals surface area (Å²) >= 11 is 1.49. The van der Waals surface area contributed by atoms with E-state index >= 15 is 0 Å². The van der Waals surface area contributed by atoms with Crippen molar-refractivity contribution < 1.29 is 15.0 Å². The molecule has 2 N–H and O–H groups in total. The minimum Gasteiger partial charge on any atom is -0.395 e. The Hall–Kier alpha value is -1.84. The van der Waals surface area contributed by atoms with E-state index in [1.54, 1.807) is 0 Å². The third-order valence-corrected chi connectivity index (χ3v) is 3.43. The van der Waals surface area contributed by atoms with Crippen molar-refractivity contribution in [2.75, 3.05) is 26.3 Å². The fraction of sp³-hybridized carbons (Fsp3) is 0.455. The van der Waals surface area contributed by atoms with Crippen LogP contribution >= 0.6 is 11.3 Å². The molecular weight excluding hydrogens is 282 g/mol. The van der Waals surface area contributed by atoms with Gasteiger partial charge in [0.2, 0.25) is 11.7 Å². The third kappa shape index (κ3) is 3.59. The molecule has 1 amide bonds. The number of carbonyl (C=O) groups excluding carboxylic acids is 1. The van der Waals surface area contributed by atoms with Gasteiger partial charge in [-0.1, -0.05) is 6.07 Å². The molecule has 0 atom stereocenters. The molecule has 2 aromatic heterocycles. The lowest BCUT2D eigenvalue weighted by molar-refractivity contribution is -0.133. The zero-order valence-electron chi connectivity index (χ0n) is 10.7. The van der Waals surface area contributed by atoms with Gasteiger partial charge >= 0.3 is 0 Å². The number of nitrogens with zero attached hydrogens (tertiary/aromatic N) is 5. The van der Waals surface area contributed by atoms with E-state index < -0.39 is 0 Å². The van der Waals surface area contributed by atoms with Gasteiger partial charge in [0.1, 0.15) is 6.54 Å². The zero-order chi connectivity index (χ0) is 14.4. The SMILES string of the molecule is O=C(Cn1nnc(-c2cccs2)n1)N(CCO)CCO. The molecule has 2 aromatic rings. The Labute approximate surface area is 119 Å². The molecular formula is C11H15N5O3S. The van der Waals surface area contributed by atoms with Crippen molar-refractivity contribution in [3.8, 4) is 10.7 Å². The number of hydrogen-bond acceptors (Lipinski definition) is 7. The van der Waals surface area contributed by atoms with Crippen molar-refractivity contribution in [2.45, 2.75) is 6.54 Å². The highest BCUT2D eigenvalue weighted by Gasteiger charge is 2.15. The molecule has 0 unspecified atom stereocenters.